The van der Waals surface area contributed by atoms with Gasteiger partial charge in [-0.25, -0.2) is 14.1 Å². The molecule has 0 atom stereocenters. The van der Waals surface area contributed by atoms with Gasteiger partial charge in [-0.05, 0) is 24.3 Å². The van der Waals surface area contributed by atoms with Gasteiger partial charge in [0, 0.05) is 35.8 Å². The summed E-state index contributed by atoms with van der Waals surface area (Å²) >= 11 is 0. The summed E-state index contributed by atoms with van der Waals surface area (Å²) in [6, 6.07) is 9.78. The third-order valence-electron chi connectivity index (χ3n) is 4.60. The summed E-state index contributed by atoms with van der Waals surface area (Å²) in [5, 5.41) is 12.8. The number of hydrogen-bond donors (Lipinski definition) is 1. The zero-order valence-corrected chi connectivity index (χ0v) is 14.8. The fourth-order valence-corrected chi connectivity index (χ4v) is 3.20. The van der Waals surface area contributed by atoms with E-state index in [-0.39, 0.29) is 12.1 Å². The minimum atomic E-state index is -0.402. The van der Waals surface area contributed by atoms with Crippen molar-refractivity contribution in [1.29, 1.82) is 0 Å². The average Bonchev–Trinajstić information content (AvgIpc) is 3.30. The predicted molar refractivity (Wildman–Crippen MR) is 101 cm³/mol. The molecule has 5 aromatic rings. The SMILES string of the molecule is Cn1cc(-c2ccc3nnn(Cc4ccc5[nH]c(=O)ccc5c4F)c3n2)cn1. The molecule has 0 fully saturated rings. The topological polar surface area (TPSA) is 94.3 Å². The fraction of sp³-hybridized carbons (Fsp3) is 0.105. The molecule has 0 saturated carbocycles. The smallest absolute Gasteiger partial charge is 0.248 e. The van der Waals surface area contributed by atoms with Crippen molar-refractivity contribution in [1.82, 2.24) is 34.7 Å². The molecular weight excluding hydrogens is 361 g/mol. The highest BCUT2D eigenvalue weighted by atomic mass is 19.1. The summed E-state index contributed by atoms with van der Waals surface area (Å²) in [5.74, 6) is -0.402. The molecule has 28 heavy (non-hydrogen) atoms. The average molecular weight is 375 g/mol. The lowest BCUT2D eigenvalue weighted by Crippen LogP contribution is -2.07. The van der Waals surface area contributed by atoms with Crippen molar-refractivity contribution in [3.8, 4) is 11.3 Å². The molecule has 8 nitrogen and oxygen atoms in total. The Balaban J connectivity index is 1.58. The van der Waals surface area contributed by atoms with Crippen LogP contribution >= 0.6 is 0 Å². The number of aromatic amines is 1. The van der Waals surface area contributed by atoms with Gasteiger partial charge in [0.15, 0.2) is 5.65 Å². The van der Waals surface area contributed by atoms with Gasteiger partial charge in [-0.1, -0.05) is 11.3 Å². The van der Waals surface area contributed by atoms with Crippen molar-refractivity contribution in [3.63, 3.8) is 0 Å². The number of benzene rings is 1. The van der Waals surface area contributed by atoms with Gasteiger partial charge in [0.1, 0.15) is 11.3 Å². The van der Waals surface area contributed by atoms with Crippen LogP contribution in [0, 0.1) is 5.82 Å². The highest BCUT2D eigenvalue weighted by Crippen LogP contribution is 2.22. The van der Waals surface area contributed by atoms with Gasteiger partial charge in [0.05, 0.1) is 24.0 Å². The molecule has 0 radical (unpaired) electrons. The van der Waals surface area contributed by atoms with E-state index >= 15 is 0 Å². The number of nitrogens with zero attached hydrogens (tertiary/aromatic N) is 6. The van der Waals surface area contributed by atoms with E-state index in [0.717, 1.165) is 11.3 Å². The molecule has 4 heterocycles. The maximum atomic E-state index is 14.9. The summed E-state index contributed by atoms with van der Waals surface area (Å²) in [6.45, 7) is 0.168. The van der Waals surface area contributed by atoms with Crippen molar-refractivity contribution in [2.45, 2.75) is 6.54 Å². The lowest BCUT2D eigenvalue weighted by Gasteiger charge is -2.07. The van der Waals surface area contributed by atoms with Gasteiger partial charge in [0.2, 0.25) is 5.56 Å². The van der Waals surface area contributed by atoms with Gasteiger partial charge in [-0.2, -0.15) is 5.10 Å². The second kappa shape index (κ2) is 6.08. The third kappa shape index (κ3) is 2.64. The molecule has 0 aliphatic carbocycles. The highest BCUT2D eigenvalue weighted by molar-refractivity contribution is 5.80. The molecule has 5 rings (SSSR count). The predicted octanol–water partition coefficient (Wildman–Crippen LogP) is 2.26. The molecule has 1 aromatic carbocycles. The van der Waals surface area contributed by atoms with E-state index in [1.54, 1.807) is 27.7 Å². The molecule has 4 aromatic heterocycles. The van der Waals surface area contributed by atoms with Crippen LogP contribution in [0.4, 0.5) is 4.39 Å². The number of aryl methyl sites for hydroxylation is 1. The van der Waals surface area contributed by atoms with Gasteiger partial charge in [-0.3, -0.25) is 9.48 Å². The van der Waals surface area contributed by atoms with E-state index in [1.165, 1.54) is 12.1 Å². The number of halogens is 1. The number of pyridine rings is 2. The monoisotopic (exact) mass is 375 g/mol. The van der Waals surface area contributed by atoms with E-state index in [0.29, 0.717) is 27.6 Å². The van der Waals surface area contributed by atoms with Gasteiger partial charge >= 0.3 is 0 Å². The van der Waals surface area contributed by atoms with Crippen LogP contribution < -0.4 is 5.56 Å². The maximum Gasteiger partial charge on any atom is 0.248 e. The Morgan fingerprint density at radius 1 is 1.14 bits per heavy atom. The summed E-state index contributed by atoms with van der Waals surface area (Å²) in [5.41, 5.74) is 3.40. The Morgan fingerprint density at radius 2 is 2.04 bits per heavy atom. The van der Waals surface area contributed by atoms with E-state index in [4.69, 9.17) is 0 Å². The van der Waals surface area contributed by atoms with Crippen molar-refractivity contribution in [3.05, 3.63) is 70.5 Å². The van der Waals surface area contributed by atoms with Crippen molar-refractivity contribution >= 4 is 22.1 Å². The molecule has 0 saturated heterocycles. The number of nitrogens with one attached hydrogen (secondary N) is 1. The number of H-pyrrole nitrogens is 1. The van der Waals surface area contributed by atoms with Crippen LogP contribution in [0.25, 0.3) is 33.3 Å². The van der Waals surface area contributed by atoms with Crippen LogP contribution in [0.5, 0.6) is 0 Å². The van der Waals surface area contributed by atoms with Crippen molar-refractivity contribution < 1.29 is 4.39 Å². The Labute approximate surface area is 157 Å². The quantitative estimate of drug-likeness (QED) is 0.522. The Kier molecular flexibility index (Phi) is 3.54. The lowest BCUT2D eigenvalue weighted by molar-refractivity contribution is 0.590. The second-order valence-corrected chi connectivity index (χ2v) is 6.51. The molecular formula is C19H14FN7O. The van der Waals surface area contributed by atoms with Crippen LogP contribution in [-0.4, -0.2) is 34.7 Å². The largest absolute Gasteiger partial charge is 0.322 e. The van der Waals surface area contributed by atoms with Crippen LogP contribution in [-0.2, 0) is 13.6 Å². The number of aromatic nitrogens is 7. The fourth-order valence-electron chi connectivity index (χ4n) is 3.20. The van der Waals surface area contributed by atoms with Crippen LogP contribution in [0.2, 0.25) is 0 Å². The minimum absolute atomic E-state index is 0.168. The second-order valence-electron chi connectivity index (χ2n) is 6.51. The Morgan fingerprint density at radius 3 is 2.86 bits per heavy atom. The van der Waals surface area contributed by atoms with E-state index in [9.17, 15) is 9.18 Å². The van der Waals surface area contributed by atoms with Gasteiger partial charge in [-0.15, -0.1) is 5.10 Å². The number of rotatable bonds is 3. The summed E-state index contributed by atoms with van der Waals surface area (Å²) in [7, 11) is 1.84. The Bertz CT molecular complexity index is 1400. The lowest BCUT2D eigenvalue weighted by atomic mass is 10.1. The van der Waals surface area contributed by atoms with E-state index in [2.05, 4.69) is 25.4 Å². The molecule has 0 aliphatic heterocycles. The van der Waals surface area contributed by atoms with E-state index < -0.39 is 5.82 Å². The van der Waals surface area contributed by atoms with E-state index in [1.807, 2.05) is 25.4 Å². The van der Waals surface area contributed by atoms with Crippen LogP contribution in [0.3, 0.4) is 0 Å². The third-order valence-corrected chi connectivity index (χ3v) is 4.60. The summed E-state index contributed by atoms with van der Waals surface area (Å²) in [4.78, 5) is 18.7. The summed E-state index contributed by atoms with van der Waals surface area (Å²) < 4.78 is 18.2. The Hall–Kier alpha value is -3.88. The van der Waals surface area contributed by atoms with Crippen molar-refractivity contribution in [2.24, 2.45) is 7.05 Å². The molecule has 0 spiro atoms. The molecule has 1 N–H and O–H groups in total. The first-order chi connectivity index (χ1) is 13.6. The van der Waals surface area contributed by atoms with Gasteiger partial charge in [0.25, 0.3) is 0 Å². The minimum Gasteiger partial charge on any atom is -0.322 e. The molecule has 0 amide bonds. The number of fused-ring (bicyclic) bond motifs is 2. The zero-order chi connectivity index (χ0) is 19.3. The molecule has 138 valence electrons. The van der Waals surface area contributed by atoms with Gasteiger partial charge < -0.3 is 4.98 Å². The maximum absolute atomic E-state index is 14.9. The number of hydrogen-bond acceptors (Lipinski definition) is 5. The zero-order valence-electron chi connectivity index (χ0n) is 14.8. The first-order valence-electron chi connectivity index (χ1n) is 8.58. The van der Waals surface area contributed by atoms with Crippen LogP contribution in [0.15, 0.2) is 53.6 Å². The molecule has 9 heteroatoms. The van der Waals surface area contributed by atoms with Crippen LogP contribution in [0.1, 0.15) is 5.56 Å². The normalized spacial score (nSPS) is 11.5. The van der Waals surface area contributed by atoms with Crippen molar-refractivity contribution in [2.75, 3.05) is 0 Å². The molecule has 0 aliphatic rings. The highest BCUT2D eigenvalue weighted by Gasteiger charge is 2.13. The summed E-state index contributed by atoms with van der Waals surface area (Å²) in [6.07, 6.45) is 3.60. The first kappa shape index (κ1) is 16.3. The standard InChI is InChI=1S/C19H14FN7O/c1-26-9-12(8-21-26)14-5-6-16-19(23-14)27(25-24-16)10-11-2-4-15-13(18(11)20)3-7-17(28)22-15/h2-9H,10H2,1H3,(H,22,28). The first-order valence-corrected chi connectivity index (χ1v) is 8.58. The molecule has 0 unspecified atom stereocenters. The molecule has 0 bridgehead atoms.